The van der Waals surface area contributed by atoms with Gasteiger partial charge in [-0.1, -0.05) is 12.1 Å². The van der Waals surface area contributed by atoms with Crippen molar-refractivity contribution in [2.24, 2.45) is 0 Å². The van der Waals surface area contributed by atoms with Crippen LogP contribution >= 0.6 is 0 Å². The number of aromatic nitrogens is 1. The fourth-order valence-electron chi connectivity index (χ4n) is 3.26. The average Bonchev–Trinajstić information content (AvgIpc) is 2.98. The number of ketones is 1. The first-order valence-electron chi connectivity index (χ1n) is 9.27. The molecule has 1 aromatic carbocycles. The van der Waals surface area contributed by atoms with E-state index in [1.165, 1.54) is 18.2 Å². The van der Waals surface area contributed by atoms with E-state index >= 15 is 0 Å². The lowest BCUT2D eigenvalue weighted by atomic mass is 10.1. The Hall–Kier alpha value is -2.87. The second-order valence-corrected chi connectivity index (χ2v) is 6.94. The molecular weight excluding hydrogens is 399 g/mol. The zero-order valence-electron chi connectivity index (χ0n) is 17.2. The molecule has 0 aliphatic heterocycles. The van der Waals surface area contributed by atoms with Gasteiger partial charge >= 0.3 is 12.1 Å². The molecule has 0 N–H and O–H groups in total. The number of halogens is 3. The highest BCUT2D eigenvalue weighted by molar-refractivity contribution is 6.00. The Labute approximate surface area is 173 Å². The number of rotatable bonds is 8. The van der Waals surface area contributed by atoms with Crippen LogP contribution in [0.15, 0.2) is 36.4 Å². The van der Waals surface area contributed by atoms with Crippen LogP contribution in [-0.2, 0) is 20.4 Å². The minimum Gasteiger partial charge on any atom is -0.454 e. The monoisotopic (exact) mass is 423 g/mol. The summed E-state index contributed by atoms with van der Waals surface area (Å²) in [5.74, 6) is -1.10. The van der Waals surface area contributed by atoms with Crippen LogP contribution in [0.5, 0.6) is 0 Å². The van der Waals surface area contributed by atoms with Crippen molar-refractivity contribution >= 4 is 17.8 Å². The summed E-state index contributed by atoms with van der Waals surface area (Å²) < 4.78 is 49.8. The first kappa shape index (κ1) is 23.4. The molecule has 1 heterocycles. The molecule has 2 aromatic rings. The van der Waals surface area contributed by atoms with Crippen LogP contribution in [0.25, 0.3) is 6.08 Å². The van der Waals surface area contributed by atoms with Crippen LogP contribution in [0.4, 0.5) is 13.2 Å². The third kappa shape index (κ3) is 5.82. The van der Waals surface area contributed by atoms with Crippen molar-refractivity contribution < 1.29 is 32.2 Å². The SMILES string of the molecule is COC[C@@H](C)n1c(C)cc(C(=O)COC(=O)/C=C/c2ccc(C(F)(F)F)cc2)c1C. The molecule has 0 unspecified atom stereocenters. The van der Waals surface area contributed by atoms with Gasteiger partial charge < -0.3 is 14.0 Å². The number of nitrogens with zero attached hydrogens (tertiary/aromatic N) is 1. The van der Waals surface area contributed by atoms with Crippen LogP contribution in [0, 0.1) is 13.8 Å². The van der Waals surface area contributed by atoms with Gasteiger partial charge in [0.05, 0.1) is 18.2 Å². The van der Waals surface area contributed by atoms with Crippen LogP contribution in [0.2, 0.25) is 0 Å². The van der Waals surface area contributed by atoms with Crippen LogP contribution in [-0.4, -0.2) is 36.6 Å². The third-order valence-electron chi connectivity index (χ3n) is 4.63. The van der Waals surface area contributed by atoms with Gasteiger partial charge in [0.1, 0.15) is 0 Å². The molecule has 1 aromatic heterocycles. The molecule has 30 heavy (non-hydrogen) atoms. The number of Topliss-reactive ketones (excluding diaryl/α,β-unsaturated/α-hetero) is 1. The number of hydrogen-bond donors (Lipinski definition) is 0. The highest BCUT2D eigenvalue weighted by atomic mass is 19.4. The largest absolute Gasteiger partial charge is 0.454 e. The van der Waals surface area contributed by atoms with Crippen molar-refractivity contribution in [1.82, 2.24) is 4.57 Å². The molecule has 8 heteroatoms. The van der Waals surface area contributed by atoms with E-state index in [2.05, 4.69) is 0 Å². The van der Waals surface area contributed by atoms with Gasteiger partial charge in [-0.15, -0.1) is 0 Å². The summed E-state index contributed by atoms with van der Waals surface area (Å²) >= 11 is 0. The molecule has 0 aliphatic rings. The van der Waals surface area contributed by atoms with E-state index in [9.17, 15) is 22.8 Å². The zero-order chi connectivity index (χ0) is 22.5. The molecule has 0 saturated carbocycles. The van der Waals surface area contributed by atoms with E-state index in [1.54, 1.807) is 13.2 Å². The van der Waals surface area contributed by atoms with E-state index in [0.717, 1.165) is 29.6 Å². The molecule has 0 amide bonds. The molecule has 0 radical (unpaired) electrons. The van der Waals surface area contributed by atoms with E-state index < -0.39 is 24.3 Å². The average molecular weight is 423 g/mol. The fraction of sp³-hybridized carbons (Fsp3) is 0.364. The maximum Gasteiger partial charge on any atom is 0.416 e. The Morgan fingerprint density at radius 2 is 1.80 bits per heavy atom. The molecule has 0 spiro atoms. The smallest absolute Gasteiger partial charge is 0.416 e. The molecule has 162 valence electrons. The summed E-state index contributed by atoms with van der Waals surface area (Å²) in [4.78, 5) is 24.3. The van der Waals surface area contributed by atoms with Gasteiger partial charge in [-0.2, -0.15) is 13.2 Å². The number of carbonyl (C=O) groups excluding carboxylic acids is 2. The molecule has 0 fully saturated rings. The first-order chi connectivity index (χ1) is 14.0. The number of alkyl halides is 3. The fourth-order valence-corrected chi connectivity index (χ4v) is 3.26. The second-order valence-electron chi connectivity index (χ2n) is 6.94. The van der Waals surface area contributed by atoms with Gasteiger partial charge in [0.2, 0.25) is 5.78 Å². The van der Waals surface area contributed by atoms with E-state index in [1.807, 2.05) is 25.3 Å². The van der Waals surface area contributed by atoms with Crippen LogP contribution in [0.1, 0.15) is 45.8 Å². The number of esters is 1. The minimum atomic E-state index is -4.42. The quantitative estimate of drug-likeness (QED) is 0.349. The molecular formula is C22H24F3NO4. The number of benzene rings is 1. The second kappa shape index (κ2) is 9.75. The van der Waals surface area contributed by atoms with E-state index in [0.29, 0.717) is 17.7 Å². The predicted molar refractivity (Wildman–Crippen MR) is 106 cm³/mol. The van der Waals surface area contributed by atoms with Crippen molar-refractivity contribution in [3.63, 3.8) is 0 Å². The van der Waals surface area contributed by atoms with Gasteiger partial charge in [-0.05, 0) is 50.6 Å². The highest BCUT2D eigenvalue weighted by Gasteiger charge is 2.29. The number of aryl methyl sites for hydroxylation is 1. The van der Waals surface area contributed by atoms with Gasteiger partial charge in [0, 0.05) is 30.1 Å². The predicted octanol–water partition coefficient (Wildman–Crippen LogP) is 4.77. The normalized spacial score (nSPS) is 12.9. The Bertz CT molecular complexity index is 927. The summed E-state index contributed by atoms with van der Waals surface area (Å²) in [5, 5.41) is 0. The van der Waals surface area contributed by atoms with Crippen LogP contribution < -0.4 is 0 Å². The Kier molecular flexibility index (Phi) is 7.61. The highest BCUT2D eigenvalue weighted by Crippen LogP contribution is 2.29. The number of carbonyl (C=O) groups is 2. The van der Waals surface area contributed by atoms with Crippen LogP contribution in [0.3, 0.4) is 0 Å². The van der Waals surface area contributed by atoms with Crippen molar-refractivity contribution in [3.05, 3.63) is 64.5 Å². The zero-order valence-corrected chi connectivity index (χ0v) is 17.2. The molecule has 5 nitrogen and oxygen atoms in total. The lowest BCUT2D eigenvalue weighted by Gasteiger charge is -2.17. The topological polar surface area (TPSA) is 57.5 Å². The first-order valence-corrected chi connectivity index (χ1v) is 9.27. The summed E-state index contributed by atoms with van der Waals surface area (Å²) in [5.41, 5.74) is 1.76. The summed E-state index contributed by atoms with van der Waals surface area (Å²) in [6.45, 7) is 5.74. The van der Waals surface area contributed by atoms with Crippen molar-refractivity contribution in [2.75, 3.05) is 20.3 Å². The molecule has 0 saturated heterocycles. The Balaban J connectivity index is 1.97. The third-order valence-corrected chi connectivity index (χ3v) is 4.63. The van der Waals surface area contributed by atoms with Crippen molar-refractivity contribution in [2.45, 2.75) is 33.0 Å². The van der Waals surface area contributed by atoms with E-state index in [4.69, 9.17) is 9.47 Å². The Morgan fingerprint density at radius 1 is 1.17 bits per heavy atom. The molecule has 1 atom stereocenters. The molecule has 2 rings (SSSR count). The van der Waals surface area contributed by atoms with Gasteiger partial charge in [-0.3, -0.25) is 4.79 Å². The standard InChI is InChI=1S/C22H24F3NO4/c1-14-11-19(16(3)26(14)15(2)12-29-4)20(27)13-30-21(28)10-7-17-5-8-18(9-6-17)22(23,24)25/h5-11,15H,12-13H2,1-4H3/b10-7+/t15-/m1/s1. The molecule has 0 bridgehead atoms. The number of hydrogen-bond acceptors (Lipinski definition) is 4. The number of methoxy groups -OCH3 is 1. The van der Waals surface area contributed by atoms with Crippen molar-refractivity contribution in [1.29, 1.82) is 0 Å². The van der Waals surface area contributed by atoms with Crippen molar-refractivity contribution in [3.8, 4) is 0 Å². The van der Waals surface area contributed by atoms with Gasteiger partial charge in [0.15, 0.2) is 6.61 Å². The maximum absolute atomic E-state index is 12.6. The lowest BCUT2D eigenvalue weighted by Crippen LogP contribution is -2.16. The maximum atomic E-state index is 12.6. The summed E-state index contributed by atoms with van der Waals surface area (Å²) in [6.07, 6.45) is -2.02. The molecule has 0 aliphatic carbocycles. The van der Waals surface area contributed by atoms with Gasteiger partial charge in [0.25, 0.3) is 0 Å². The minimum absolute atomic E-state index is 0.0470. The summed E-state index contributed by atoms with van der Waals surface area (Å²) in [7, 11) is 1.61. The number of ether oxygens (including phenoxy) is 2. The lowest BCUT2D eigenvalue weighted by molar-refractivity contribution is -0.138. The van der Waals surface area contributed by atoms with Gasteiger partial charge in [-0.25, -0.2) is 4.79 Å². The van der Waals surface area contributed by atoms with E-state index in [-0.39, 0.29) is 11.8 Å². The summed E-state index contributed by atoms with van der Waals surface area (Å²) in [6, 6.07) is 6.13. The Morgan fingerprint density at radius 3 is 2.37 bits per heavy atom.